The number of thioether (sulfide) groups is 1. The fraction of sp³-hybridized carbons (Fsp3) is 0.444. The number of hydrogen-bond donors (Lipinski definition) is 1. The molecule has 2 amide bonds. The van der Waals surface area contributed by atoms with Gasteiger partial charge in [-0.15, -0.1) is 0 Å². The molecule has 0 spiro atoms. The van der Waals surface area contributed by atoms with Gasteiger partial charge in [0, 0.05) is 35.9 Å². The molecule has 1 saturated heterocycles. The number of nitrogens with zero attached hydrogens (tertiary/aromatic N) is 3. The maximum absolute atomic E-state index is 12.4. The largest absolute Gasteiger partial charge is 0.331 e. The highest BCUT2D eigenvalue weighted by atomic mass is 32.2. The van der Waals surface area contributed by atoms with Crippen LogP contribution in [-0.4, -0.2) is 45.3 Å². The Labute approximate surface area is 147 Å². The third-order valence-corrected chi connectivity index (χ3v) is 5.37. The fourth-order valence-electron chi connectivity index (χ4n) is 2.91. The Balaban J connectivity index is 1.72. The first-order chi connectivity index (χ1) is 11.6. The lowest BCUT2D eigenvalue weighted by molar-refractivity contribution is 0.199. The lowest BCUT2D eigenvalue weighted by Crippen LogP contribution is -2.45. The van der Waals surface area contributed by atoms with Crippen molar-refractivity contribution in [3.05, 3.63) is 47.3 Å². The molecular weight excluding hydrogens is 320 g/mol. The average Bonchev–Trinajstić information content (AvgIpc) is 2.98. The zero-order valence-corrected chi connectivity index (χ0v) is 15.3. The molecule has 1 aromatic carbocycles. The Morgan fingerprint density at radius 2 is 1.88 bits per heavy atom. The predicted molar refractivity (Wildman–Crippen MR) is 98.9 cm³/mol. The van der Waals surface area contributed by atoms with E-state index in [9.17, 15) is 4.79 Å². The number of urea groups is 1. The van der Waals surface area contributed by atoms with Crippen LogP contribution in [0.5, 0.6) is 0 Å². The Morgan fingerprint density at radius 3 is 2.54 bits per heavy atom. The number of carbonyl (C=O) groups is 1. The molecule has 1 aliphatic rings. The highest BCUT2D eigenvalue weighted by Crippen LogP contribution is 2.21. The van der Waals surface area contributed by atoms with Crippen molar-refractivity contribution in [3.8, 4) is 5.69 Å². The van der Waals surface area contributed by atoms with Crippen LogP contribution in [0.15, 0.2) is 30.5 Å². The zero-order chi connectivity index (χ0) is 17.1. The van der Waals surface area contributed by atoms with E-state index >= 15 is 0 Å². The second kappa shape index (κ2) is 7.30. The van der Waals surface area contributed by atoms with Gasteiger partial charge in [-0.2, -0.15) is 16.9 Å². The summed E-state index contributed by atoms with van der Waals surface area (Å²) in [4.78, 5) is 14.3. The van der Waals surface area contributed by atoms with E-state index in [0.717, 1.165) is 41.5 Å². The van der Waals surface area contributed by atoms with Crippen molar-refractivity contribution in [2.45, 2.75) is 26.8 Å². The fourth-order valence-corrected chi connectivity index (χ4v) is 3.82. The zero-order valence-electron chi connectivity index (χ0n) is 14.5. The lowest BCUT2D eigenvalue weighted by Gasteiger charge is -2.28. The molecule has 2 heterocycles. The second-order valence-electron chi connectivity index (χ2n) is 6.20. The predicted octanol–water partition coefficient (Wildman–Crippen LogP) is 3.31. The SMILES string of the molecule is Cc1ccc(-n2ncc(C(C)NC(=O)N3CCSCC3)c2C)cc1. The van der Waals surface area contributed by atoms with E-state index in [2.05, 4.69) is 41.6 Å². The number of amides is 2. The van der Waals surface area contributed by atoms with Crippen LogP contribution in [0.4, 0.5) is 4.79 Å². The van der Waals surface area contributed by atoms with Crippen LogP contribution in [0, 0.1) is 13.8 Å². The van der Waals surface area contributed by atoms with Gasteiger partial charge in [-0.25, -0.2) is 9.48 Å². The van der Waals surface area contributed by atoms with Gasteiger partial charge in [0.2, 0.25) is 0 Å². The summed E-state index contributed by atoms with van der Waals surface area (Å²) in [5.41, 5.74) is 4.37. The lowest BCUT2D eigenvalue weighted by atomic mass is 10.1. The van der Waals surface area contributed by atoms with E-state index in [1.54, 1.807) is 0 Å². The van der Waals surface area contributed by atoms with E-state index in [0.29, 0.717) is 0 Å². The summed E-state index contributed by atoms with van der Waals surface area (Å²) in [5.74, 6) is 2.04. The Bertz CT molecular complexity index is 704. The summed E-state index contributed by atoms with van der Waals surface area (Å²) < 4.78 is 1.93. The summed E-state index contributed by atoms with van der Waals surface area (Å²) in [7, 11) is 0. The summed E-state index contributed by atoms with van der Waals surface area (Å²) >= 11 is 1.90. The first-order valence-corrected chi connectivity index (χ1v) is 9.46. The van der Waals surface area contributed by atoms with Crippen LogP contribution in [0.2, 0.25) is 0 Å². The van der Waals surface area contributed by atoms with E-state index in [1.165, 1.54) is 5.56 Å². The van der Waals surface area contributed by atoms with Crippen LogP contribution in [0.25, 0.3) is 5.69 Å². The Hall–Kier alpha value is -1.95. The summed E-state index contributed by atoms with van der Waals surface area (Å²) in [6.07, 6.45) is 1.85. The van der Waals surface area contributed by atoms with Gasteiger partial charge in [0.1, 0.15) is 0 Å². The van der Waals surface area contributed by atoms with Crippen molar-refractivity contribution >= 4 is 17.8 Å². The molecule has 5 nitrogen and oxygen atoms in total. The van der Waals surface area contributed by atoms with Gasteiger partial charge >= 0.3 is 6.03 Å². The molecule has 2 aromatic rings. The summed E-state index contributed by atoms with van der Waals surface area (Å²) in [5, 5.41) is 7.61. The first-order valence-electron chi connectivity index (χ1n) is 8.31. The number of benzene rings is 1. The highest BCUT2D eigenvalue weighted by molar-refractivity contribution is 7.99. The van der Waals surface area contributed by atoms with Crippen LogP contribution < -0.4 is 5.32 Å². The molecule has 1 fully saturated rings. The molecule has 0 aliphatic carbocycles. The molecule has 0 saturated carbocycles. The standard InChI is InChI=1S/C18H24N4OS/c1-13-4-6-16(7-5-13)22-15(3)17(12-19-22)14(2)20-18(23)21-8-10-24-11-9-21/h4-7,12,14H,8-11H2,1-3H3,(H,20,23). The first kappa shape index (κ1) is 16.9. The third-order valence-electron chi connectivity index (χ3n) is 4.43. The smallest absolute Gasteiger partial charge is 0.317 e. The maximum atomic E-state index is 12.4. The van der Waals surface area contributed by atoms with E-state index in [-0.39, 0.29) is 12.1 Å². The number of rotatable bonds is 3. The van der Waals surface area contributed by atoms with Gasteiger partial charge in [-0.05, 0) is 32.9 Å². The van der Waals surface area contributed by atoms with Crippen molar-refractivity contribution in [2.24, 2.45) is 0 Å². The Morgan fingerprint density at radius 1 is 1.21 bits per heavy atom. The number of hydrogen-bond acceptors (Lipinski definition) is 3. The minimum Gasteiger partial charge on any atom is -0.331 e. The van der Waals surface area contributed by atoms with Gasteiger partial charge < -0.3 is 10.2 Å². The summed E-state index contributed by atoms with van der Waals surface area (Å²) in [6.45, 7) is 7.78. The molecule has 1 aliphatic heterocycles. The van der Waals surface area contributed by atoms with Crippen LogP contribution in [0.1, 0.15) is 29.8 Å². The quantitative estimate of drug-likeness (QED) is 0.929. The van der Waals surface area contributed by atoms with Crippen LogP contribution >= 0.6 is 11.8 Å². The van der Waals surface area contributed by atoms with Crippen molar-refractivity contribution in [1.82, 2.24) is 20.0 Å². The number of carbonyl (C=O) groups excluding carboxylic acids is 1. The number of aromatic nitrogens is 2. The topological polar surface area (TPSA) is 50.2 Å². The second-order valence-corrected chi connectivity index (χ2v) is 7.43. The van der Waals surface area contributed by atoms with Crippen molar-refractivity contribution in [1.29, 1.82) is 0 Å². The monoisotopic (exact) mass is 344 g/mol. The minimum absolute atomic E-state index is 0.0188. The number of nitrogens with one attached hydrogen (secondary N) is 1. The highest BCUT2D eigenvalue weighted by Gasteiger charge is 2.21. The average molecular weight is 344 g/mol. The molecule has 1 N–H and O–H groups in total. The Kier molecular flexibility index (Phi) is 5.14. The van der Waals surface area contributed by atoms with E-state index in [1.807, 2.05) is 41.4 Å². The van der Waals surface area contributed by atoms with Crippen molar-refractivity contribution < 1.29 is 4.79 Å². The van der Waals surface area contributed by atoms with Gasteiger partial charge in [0.15, 0.2) is 0 Å². The van der Waals surface area contributed by atoms with Crippen molar-refractivity contribution in [3.63, 3.8) is 0 Å². The van der Waals surface area contributed by atoms with Gasteiger partial charge in [0.05, 0.1) is 17.9 Å². The molecule has 1 atom stereocenters. The van der Waals surface area contributed by atoms with Gasteiger partial charge in [-0.3, -0.25) is 0 Å². The van der Waals surface area contributed by atoms with Crippen molar-refractivity contribution in [2.75, 3.05) is 24.6 Å². The molecule has 1 aromatic heterocycles. The van der Waals surface area contributed by atoms with E-state index < -0.39 is 0 Å². The molecule has 6 heteroatoms. The van der Waals surface area contributed by atoms with Crippen LogP contribution in [0.3, 0.4) is 0 Å². The minimum atomic E-state index is -0.0636. The molecule has 24 heavy (non-hydrogen) atoms. The number of aryl methyl sites for hydroxylation is 1. The van der Waals surface area contributed by atoms with Gasteiger partial charge in [0.25, 0.3) is 0 Å². The molecule has 3 rings (SSSR count). The molecule has 0 bridgehead atoms. The molecule has 128 valence electrons. The molecule has 0 radical (unpaired) electrons. The normalized spacial score (nSPS) is 16.0. The maximum Gasteiger partial charge on any atom is 0.317 e. The molecular formula is C18H24N4OS. The van der Waals surface area contributed by atoms with Crippen LogP contribution in [-0.2, 0) is 0 Å². The summed E-state index contributed by atoms with van der Waals surface area (Å²) in [6, 6.07) is 8.24. The van der Waals surface area contributed by atoms with E-state index in [4.69, 9.17) is 0 Å². The third kappa shape index (κ3) is 3.59. The molecule has 1 unspecified atom stereocenters. The van der Waals surface area contributed by atoms with Gasteiger partial charge in [-0.1, -0.05) is 17.7 Å².